The summed E-state index contributed by atoms with van der Waals surface area (Å²) < 4.78 is 0. The van der Waals surface area contributed by atoms with Gasteiger partial charge in [-0.25, -0.2) is 0 Å². The molecule has 0 aromatic carbocycles. The van der Waals surface area contributed by atoms with Crippen LogP contribution in [-0.4, -0.2) is 31.4 Å². The van der Waals surface area contributed by atoms with E-state index in [1.807, 2.05) is 0 Å². The minimum absolute atomic E-state index is 0.0667. The smallest absolute Gasteiger partial charge is 0.221 e. The van der Waals surface area contributed by atoms with E-state index in [-0.39, 0.29) is 11.3 Å². The third-order valence-corrected chi connectivity index (χ3v) is 3.70. The van der Waals surface area contributed by atoms with Crippen LogP contribution in [-0.2, 0) is 4.79 Å². The zero-order valence-corrected chi connectivity index (χ0v) is 11.1. The van der Waals surface area contributed by atoms with Crippen LogP contribution in [0.3, 0.4) is 0 Å². The molecular weight excluding hydrogens is 224 g/mol. The maximum atomic E-state index is 11.4. The van der Waals surface area contributed by atoms with Gasteiger partial charge in [0.15, 0.2) is 0 Å². The molecule has 0 aromatic rings. The summed E-state index contributed by atoms with van der Waals surface area (Å²) in [4.78, 5) is 11.4. The first-order valence-electron chi connectivity index (χ1n) is 6.09. The van der Waals surface area contributed by atoms with Gasteiger partial charge >= 0.3 is 0 Å². The minimum atomic E-state index is 0.0667. The lowest BCUT2D eigenvalue weighted by molar-refractivity contribution is -0.121. The molecule has 94 valence electrons. The molecule has 0 unspecified atom stereocenters. The van der Waals surface area contributed by atoms with Crippen molar-refractivity contribution in [3.05, 3.63) is 0 Å². The lowest BCUT2D eigenvalue weighted by Gasteiger charge is -2.37. The highest BCUT2D eigenvalue weighted by Crippen LogP contribution is 2.32. The maximum Gasteiger partial charge on any atom is 0.221 e. The van der Waals surface area contributed by atoms with Crippen LogP contribution >= 0.6 is 11.6 Å². The fourth-order valence-electron chi connectivity index (χ4n) is 2.25. The van der Waals surface area contributed by atoms with Crippen LogP contribution in [0.2, 0.25) is 0 Å². The Hall–Kier alpha value is -0.280. The van der Waals surface area contributed by atoms with E-state index < -0.39 is 0 Å². The van der Waals surface area contributed by atoms with Gasteiger partial charge in [-0.2, -0.15) is 0 Å². The fraction of sp³-hybridized carbons (Fsp3) is 0.917. The van der Waals surface area contributed by atoms with Crippen molar-refractivity contribution in [1.29, 1.82) is 0 Å². The molecule has 1 heterocycles. The predicted octanol–water partition coefficient (Wildman–Crippen LogP) is 1.76. The predicted molar refractivity (Wildman–Crippen MR) is 67.7 cm³/mol. The largest absolute Gasteiger partial charge is 0.356 e. The highest BCUT2D eigenvalue weighted by molar-refractivity contribution is 6.18. The van der Waals surface area contributed by atoms with Crippen LogP contribution in [0.25, 0.3) is 0 Å². The summed E-state index contributed by atoms with van der Waals surface area (Å²) in [6, 6.07) is 0. The third kappa shape index (κ3) is 4.30. The Balaban J connectivity index is 2.34. The van der Waals surface area contributed by atoms with Crippen molar-refractivity contribution in [2.75, 3.05) is 25.5 Å². The molecule has 16 heavy (non-hydrogen) atoms. The number of rotatable bonds is 5. The number of carbonyl (C=O) groups is 1. The average molecular weight is 247 g/mol. The zero-order valence-electron chi connectivity index (χ0n) is 10.3. The minimum Gasteiger partial charge on any atom is -0.356 e. The second-order valence-electron chi connectivity index (χ2n) is 5.23. The Kier molecular flexibility index (Phi) is 5.56. The first kappa shape index (κ1) is 13.8. The highest BCUT2D eigenvalue weighted by atomic mass is 35.5. The molecule has 0 bridgehead atoms. The summed E-state index contributed by atoms with van der Waals surface area (Å²) in [5.74, 6) is 1.17. The molecule has 0 spiro atoms. The number of carbonyl (C=O) groups excluding carboxylic acids is 1. The van der Waals surface area contributed by atoms with E-state index in [2.05, 4.69) is 24.5 Å². The molecule has 0 aromatic heterocycles. The molecule has 1 amide bonds. The van der Waals surface area contributed by atoms with Crippen molar-refractivity contribution in [2.24, 2.45) is 11.3 Å². The van der Waals surface area contributed by atoms with E-state index >= 15 is 0 Å². The van der Waals surface area contributed by atoms with E-state index in [0.717, 1.165) is 19.6 Å². The molecule has 4 heteroatoms. The summed E-state index contributed by atoms with van der Waals surface area (Å²) in [6.07, 6.45) is 2.83. The van der Waals surface area contributed by atoms with Gasteiger partial charge in [-0.05, 0) is 37.3 Å². The summed E-state index contributed by atoms with van der Waals surface area (Å²) in [6.45, 7) is 7.44. The molecule has 0 aliphatic carbocycles. The van der Waals surface area contributed by atoms with Gasteiger partial charge in [0.25, 0.3) is 0 Å². The lowest BCUT2D eigenvalue weighted by Crippen LogP contribution is -2.42. The summed E-state index contributed by atoms with van der Waals surface area (Å²) in [5, 5.41) is 6.34. The van der Waals surface area contributed by atoms with Gasteiger partial charge in [0.2, 0.25) is 5.91 Å². The second kappa shape index (κ2) is 6.45. The van der Waals surface area contributed by atoms with Crippen molar-refractivity contribution < 1.29 is 4.79 Å². The number of alkyl halides is 1. The van der Waals surface area contributed by atoms with E-state index in [0.29, 0.717) is 18.2 Å². The van der Waals surface area contributed by atoms with Crippen molar-refractivity contribution in [3.8, 4) is 0 Å². The van der Waals surface area contributed by atoms with Gasteiger partial charge in [-0.3, -0.25) is 4.79 Å². The number of piperidine rings is 1. The van der Waals surface area contributed by atoms with Gasteiger partial charge in [0.05, 0.1) is 0 Å². The topological polar surface area (TPSA) is 41.1 Å². The number of halogens is 1. The van der Waals surface area contributed by atoms with Gasteiger partial charge < -0.3 is 10.6 Å². The molecule has 1 fully saturated rings. The van der Waals surface area contributed by atoms with E-state index in [4.69, 9.17) is 11.6 Å². The molecule has 0 radical (unpaired) electrons. The van der Waals surface area contributed by atoms with Crippen molar-refractivity contribution >= 4 is 17.5 Å². The third-order valence-electron chi connectivity index (χ3n) is 3.51. The van der Waals surface area contributed by atoms with Crippen molar-refractivity contribution in [3.63, 3.8) is 0 Å². The SMILES string of the molecule is CC(C)(CNC(=O)CCCl)C1CCNCC1. The number of hydrogen-bond acceptors (Lipinski definition) is 2. The van der Waals surface area contributed by atoms with Gasteiger partial charge in [0.1, 0.15) is 0 Å². The molecule has 1 rings (SSSR count). The fourth-order valence-corrected chi connectivity index (χ4v) is 2.42. The number of nitrogens with one attached hydrogen (secondary N) is 2. The molecule has 1 aliphatic rings. The van der Waals surface area contributed by atoms with Gasteiger partial charge in [-0.15, -0.1) is 11.6 Å². The lowest BCUT2D eigenvalue weighted by atomic mass is 9.74. The van der Waals surface area contributed by atoms with Crippen LogP contribution in [0.5, 0.6) is 0 Å². The Morgan fingerprint density at radius 2 is 2.06 bits per heavy atom. The first-order valence-corrected chi connectivity index (χ1v) is 6.63. The van der Waals surface area contributed by atoms with E-state index in [9.17, 15) is 4.79 Å². The normalized spacial score (nSPS) is 18.4. The van der Waals surface area contributed by atoms with Crippen LogP contribution in [0, 0.1) is 11.3 Å². The number of amides is 1. The van der Waals surface area contributed by atoms with E-state index in [1.54, 1.807) is 0 Å². The van der Waals surface area contributed by atoms with E-state index in [1.165, 1.54) is 12.8 Å². The Bertz CT molecular complexity index is 225. The van der Waals surface area contributed by atoms with Gasteiger partial charge in [0, 0.05) is 18.8 Å². The molecule has 0 atom stereocenters. The average Bonchev–Trinajstić information content (AvgIpc) is 2.28. The molecule has 3 nitrogen and oxygen atoms in total. The van der Waals surface area contributed by atoms with Gasteiger partial charge in [-0.1, -0.05) is 13.8 Å². The van der Waals surface area contributed by atoms with Crippen molar-refractivity contribution in [1.82, 2.24) is 10.6 Å². The summed E-state index contributed by atoms with van der Waals surface area (Å²) in [5.41, 5.74) is 0.185. The van der Waals surface area contributed by atoms with Crippen LogP contribution in [0.15, 0.2) is 0 Å². The van der Waals surface area contributed by atoms with Crippen LogP contribution in [0.1, 0.15) is 33.1 Å². The Morgan fingerprint density at radius 1 is 1.44 bits per heavy atom. The second-order valence-corrected chi connectivity index (χ2v) is 5.61. The Labute approximate surface area is 103 Å². The summed E-state index contributed by atoms with van der Waals surface area (Å²) >= 11 is 5.53. The number of hydrogen-bond donors (Lipinski definition) is 2. The first-order chi connectivity index (χ1) is 7.56. The highest BCUT2D eigenvalue weighted by Gasteiger charge is 2.30. The standard InChI is InChI=1S/C12H23ClN2O/c1-12(2,9-15-11(16)3-6-13)10-4-7-14-8-5-10/h10,14H,3-9H2,1-2H3,(H,15,16). The zero-order chi connectivity index (χ0) is 12.0. The van der Waals surface area contributed by atoms with Crippen molar-refractivity contribution in [2.45, 2.75) is 33.1 Å². The molecule has 1 saturated heterocycles. The quantitative estimate of drug-likeness (QED) is 0.726. The maximum absolute atomic E-state index is 11.4. The molecule has 1 aliphatic heterocycles. The van der Waals surface area contributed by atoms with Crippen LogP contribution < -0.4 is 10.6 Å². The monoisotopic (exact) mass is 246 g/mol. The molecule has 0 saturated carbocycles. The molecular formula is C12H23ClN2O. The van der Waals surface area contributed by atoms with Crippen LogP contribution in [0.4, 0.5) is 0 Å². The Morgan fingerprint density at radius 3 is 2.62 bits per heavy atom. The summed E-state index contributed by atoms with van der Waals surface area (Å²) in [7, 11) is 0. The molecule has 2 N–H and O–H groups in total.